The maximum atomic E-state index is 15.9. The summed E-state index contributed by atoms with van der Waals surface area (Å²) in [7, 11) is -4.00. The van der Waals surface area contributed by atoms with Crippen LogP contribution in [-0.4, -0.2) is 0 Å². The number of hydrogen-bond acceptors (Lipinski definition) is 1. The molecule has 0 heterocycles. The Labute approximate surface area is 222 Å². The summed E-state index contributed by atoms with van der Waals surface area (Å²) in [5.74, 6) is -4.34. The van der Waals surface area contributed by atoms with Crippen LogP contribution >= 0.6 is 7.14 Å². The fraction of sp³-hybridized carbons (Fsp3) is 0. The molecule has 0 aliphatic carbocycles. The molecule has 0 amide bonds. The van der Waals surface area contributed by atoms with Crippen LogP contribution in [0.25, 0.3) is 43.1 Å². The van der Waals surface area contributed by atoms with Crippen LogP contribution in [0.15, 0.2) is 121 Å². The zero-order valence-corrected chi connectivity index (χ0v) is 21.4. The third-order valence-electron chi connectivity index (χ3n) is 7.50. The first kappa shape index (κ1) is 23.7. The Balaban J connectivity index is 1.72. The molecule has 0 atom stereocenters. The van der Waals surface area contributed by atoms with Crippen LogP contribution in [0.1, 0.15) is 0 Å². The molecule has 7 aromatic rings. The van der Waals surface area contributed by atoms with Gasteiger partial charge in [-0.15, -0.1) is 0 Å². The number of fused-ring (bicyclic) bond motifs is 6. The summed E-state index contributed by atoms with van der Waals surface area (Å²) in [6.45, 7) is 0. The van der Waals surface area contributed by atoms with Crippen molar-refractivity contribution in [1.29, 1.82) is 0 Å². The molecule has 188 valence electrons. The fourth-order valence-electron chi connectivity index (χ4n) is 5.72. The van der Waals surface area contributed by atoms with Gasteiger partial charge in [0.1, 0.15) is 0 Å². The highest BCUT2D eigenvalue weighted by Crippen LogP contribution is 2.48. The maximum absolute atomic E-state index is 15.9. The van der Waals surface area contributed by atoms with E-state index in [2.05, 4.69) is 0 Å². The first-order chi connectivity index (χ1) is 19.0. The van der Waals surface area contributed by atoms with Crippen molar-refractivity contribution in [2.75, 3.05) is 0 Å². The Morgan fingerprint density at radius 3 is 1.23 bits per heavy atom. The smallest absolute Gasteiger partial charge is 0.194 e. The van der Waals surface area contributed by atoms with E-state index in [1.54, 1.807) is 0 Å². The van der Waals surface area contributed by atoms with Gasteiger partial charge in [0, 0.05) is 15.9 Å². The second kappa shape index (κ2) is 8.83. The van der Waals surface area contributed by atoms with E-state index in [4.69, 9.17) is 0 Å². The van der Waals surface area contributed by atoms with Crippen molar-refractivity contribution in [2.24, 2.45) is 0 Å². The van der Waals surface area contributed by atoms with E-state index in [0.29, 0.717) is 21.4 Å². The summed E-state index contributed by atoms with van der Waals surface area (Å²) in [4.78, 5) is 0. The highest BCUT2D eigenvalue weighted by atomic mass is 31.2. The third-order valence-corrected chi connectivity index (χ3v) is 10.6. The average molecular weight is 533 g/mol. The van der Waals surface area contributed by atoms with Crippen molar-refractivity contribution < 1.29 is 17.7 Å². The average Bonchev–Trinajstić information content (AvgIpc) is 2.98. The van der Waals surface area contributed by atoms with Crippen molar-refractivity contribution in [3.63, 3.8) is 0 Å². The summed E-state index contributed by atoms with van der Waals surface area (Å²) in [5, 5.41) is 7.61. The quantitative estimate of drug-likeness (QED) is 0.127. The van der Waals surface area contributed by atoms with Crippen LogP contribution in [0.2, 0.25) is 0 Å². The van der Waals surface area contributed by atoms with Crippen LogP contribution in [0.3, 0.4) is 0 Å². The molecule has 7 aromatic carbocycles. The first-order valence-corrected chi connectivity index (χ1v) is 14.2. The zero-order chi connectivity index (χ0) is 26.7. The number of rotatable bonds is 3. The van der Waals surface area contributed by atoms with E-state index in [9.17, 15) is 13.2 Å². The van der Waals surface area contributed by atoms with Crippen LogP contribution in [-0.2, 0) is 4.57 Å². The van der Waals surface area contributed by atoms with Gasteiger partial charge in [-0.2, -0.15) is 0 Å². The number of benzene rings is 7. The van der Waals surface area contributed by atoms with Crippen molar-refractivity contribution in [1.82, 2.24) is 0 Å². The molecular formula is C34H20F3OP. The molecule has 0 fully saturated rings. The SMILES string of the molecule is O=P(c1cc(F)c(F)c(F)c1)(c1cc2ccccc2c2ccccc12)c1cc2ccccc2c2ccccc12. The fourth-order valence-corrected chi connectivity index (χ4v) is 8.84. The minimum atomic E-state index is -4.00. The molecule has 0 radical (unpaired) electrons. The molecule has 1 nitrogen and oxygen atoms in total. The number of hydrogen-bond donors (Lipinski definition) is 0. The standard InChI is InChI=1S/C34H20F3OP/c35-30-19-23(20-31(36)34(30)37)39(38,32-17-21-9-1-3-11-24(21)26-13-5-7-15-28(26)32)33-18-22-10-2-4-12-25(22)27-14-6-8-16-29(27)33/h1-20H. The molecule has 7 rings (SSSR count). The molecule has 0 N–H and O–H groups in total. The first-order valence-electron chi connectivity index (χ1n) is 12.5. The highest BCUT2D eigenvalue weighted by Gasteiger charge is 2.35. The molecule has 0 saturated heterocycles. The molecule has 0 aliphatic heterocycles. The molecule has 0 bridgehead atoms. The van der Waals surface area contributed by atoms with E-state index in [0.717, 1.165) is 44.5 Å². The van der Waals surface area contributed by atoms with E-state index in [-0.39, 0.29) is 5.30 Å². The van der Waals surface area contributed by atoms with E-state index in [1.165, 1.54) is 0 Å². The minimum absolute atomic E-state index is 0.0974. The van der Waals surface area contributed by atoms with Gasteiger partial charge >= 0.3 is 0 Å². The molecule has 39 heavy (non-hydrogen) atoms. The molecule has 0 aromatic heterocycles. The third kappa shape index (κ3) is 3.52. The largest absolute Gasteiger partial charge is 0.309 e. The lowest BCUT2D eigenvalue weighted by Crippen LogP contribution is -2.27. The molecule has 0 spiro atoms. The predicted molar refractivity (Wildman–Crippen MR) is 156 cm³/mol. The lowest BCUT2D eigenvalue weighted by Gasteiger charge is -2.25. The summed E-state index contributed by atoms with van der Waals surface area (Å²) in [6, 6.07) is 36.2. The molecule has 0 unspecified atom stereocenters. The molecular weight excluding hydrogens is 512 g/mol. The van der Waals surface area contributed by atoms with Gasteiger partial charge in [-0.25, -0.2) is 13.2 Å². The van der Waals surface area contributed by atoms with Gasteiger partial charge in [-0.1, -0.05) is 97.1 Å². The highest BCUT2D eigenvalue weighted by molar-refractivity contribution is 7.86. The van der Waals surface area contributed by atoms with Gasteiger partial charge in [-0.3, -0.25) is 0 Å². The lowest BCUT2D eigenvalue weighted by molar-refractivity contribution is 0.448. The van der Waals surface area contributed by atoms with Gasteiger partial charge in [0.25, 0.3) is 0 Å². The van der Waals surface area contributed by atoms with Gasteiger partial charge in [0.05, 0.1) is 0 Å². The molecule has 5 heteroatoms. The second-order valence-corrected chi connectivity index (χ2v) is 12.4. The van der Waals surface area contributed by atoms with Gasteiger partial charge in [0.2, 0.25) is 0 Å². The maximum Gasteiger partial charge on any atom is 0.194 e. The Kier molecular flexibility index (Phi) is 5.36. The van der Waals surface area contributed by atoms with Crippen molar-refractivity contribution in [2.45, 2.75) is 0 Å². The summed E-state index contributed by atoms with van der Waals surface area (Å²) >= 11 is 0. The van der Waals surface area contributed by atoms with Gasteiger partial charge in [-0.05, 0) is 67.4 Å². The lowest BCUT2D eigenvalue weighted by atomic mass is 10.0. The molecule has 0 saturated carbocycles. The Morgan fingerprint density at radius 1 is 0.436 bits per heavy atom. The topological polar surface area (TPSA) is 17.1 Å². The van der Waals surface area contributed by atoms with Gasteiger partial charge < -0.3 is 4.57 Å². The minimum Gasteiger partial charge on any atom is -0.309 e. The number of halogens is 3. The van der Waals surface area contributed by atoms with Crippen LogP contribution in [0, 0.1) is 17.5 Å². The van der Waals surface area contributed by atoms with Crippen LogP contribution in [0.4, 0.5) is 13.2 Å². The van der Waals surface area contributed by atoms with E-state index >= 15 is 4.57 Å². The summed E-state index contributed by atoms with van der Waals surface area (Å²) in [5.41, 5.74) is 0. The Morgan fingerprint density at radius 2 is 0.795 bits per heavy atom. The van der Waals surface area contributed by atoms with E-state index in [1.807, 2.05) is 109 Å². The summed E-state index contributed by atoms with van der Waals surface area (Å²) < 4.78 is 59.7. The van der Waals surface area contributed by atoms with Crippen molar-refractivity contribution in [3.8, 4) is 0 Å². The van der Waals surface area contributed by atoms with Crippen molar-refractivity contribution >= 4 is 66.1 Å². The molecule has 0 aliphatic rings. The zero-order valence-electron chi connectivity index (χ0n) is 20.5. The summed E-state index contributed by atoms with van der Waals surface area (Å²) in [6.07, 6.45) is 0. The van der Waals surface area contributed by atoms with Gasteiger partial charge in [0.15, 0.2) is 24.6 Å². The second-order valence-electron chi connectivity index (χ2n) is 9.66. The normalized spacial score (nSPS) is 12.1. The predicted octanol–water partition coefficient (Wildman–Crippen LogP) is 8.36. The Hall–Kier alpha value is -4.40. The monoisotopic (exact) mass is 532 g/mol. The van der Waals surface area contributed by atoms with E-state index < -0.39 is 24.6 Å². The van der Waals surface area contributed by atoms with Crippen LogP contribution in [0.5, 0.6) is 0 Å². The van der Waals surface area contributed by atoms with Crippen LogP contribution < -0.4 is 15.9 Å². The van der Waals surface area contributed by atoms with Crippen molar-refractivity contribution in [3.05, 3.63) is 139 Å². The Bertz CT molecular complexity index is 2010.